The van der Waals surface area contributed by atoms with Crippen LogP contribution in [0.2, 0.25) is 0 Å². The molecule has 1 N–H and O–H groups in total. The van der Waals surface area contributed by atoms with Gasteiger partial charge >= 0.3 is 0 Å². The summed E-state index contributed by atoms with van der Waals surface area (Å²) in [6, 6.07) is 7.09. The molecule has 0 radical (unpaired) electrons. The van der Waals surface area contributed by atoms with Gasteiger partial charge in [-0.2, -0.15) is 0 Å². The summed E-state index contributed by atoms with van der Waals surface area (Å²) in [4.78, 5) is 15.9. The van der Waals surface area contributed by atoms with E-state index in [1.807, 2.05) is 6.07 Å². The van der Waals surface area contributed by atoms with Gasteiger partial charge in [0.15, 0.2) is 0 Å². The van der Waals surface area contributed by atoms with Crippen molar-refractivity contribution in [2.24, 2.45) is 5.92 Å². The minimum absolute atomic E-state index is 0.0230. The Kier molecular flexibility index (Phi) is 5.01. The Morgan fingerprint density at radius 1 is 1.21 bits per heavy atom. The highest BCUT2D eigenvalue weighted by Gasteiger charge is 2.47. The summed E-state index contributed by atoms with van der Waals surface area (Å²) < 4.78 is 53.2. The smallest absolute Gasteiger partial charge is 0.226 e. The van der Waals surface area contributed by atoms with Gasteiger partial charge in [0.2, 0.25) is 15.9 Å². The van der Waals surface area contributed by atoms with Gasteiger partial charge in [-0.3, -0.25) is 4.79 Å². The summed E-state index contributed by atoms with van der Waals surface area (Å²) in [5.41, 5.74) is -0.0310. The van der Waals surface area contributed by atoms with Crippen LogP contribution in [0.1, 0.15) is 23.6 Å². The summed E-state index contributed by atoms with van der Waals surface area (Å²) in [5.74, 6) is -1.26. The Morgan fingerprint density at radius 2 is 1.93 bits per heavy atom. The average Bonchev–Trinajstić information content (AvgIpc) is 3.02. The van der Waals surface area contributed by atoms with Crippen molar-refractivity contribution in [3.63, 3.8) is 0 Å². The number of thiophene rings is 1. The van der Waals surface area contributed by atoms with Crippen molar-refractivity contribution in [3.05, 3.63) is 46.8 Å². The number of likely N-dealkylation sites (tertiary alicyclic amines) is 1. The standard InChI is InChI=1S/C19H20F2N2O3S2/c1-28(25,26)22-11-7-8-23(10-11)19(24)13-9-12(13)16-5-6-17(27-16)18-14(20)3-2-4-15(18)21/h2-6,11-13,22H,7-10H2,1H3/t11-,12-,13-/m1/s1. The van der Waals surface area contributed by atoms with E-state index in [2.05, 4.69) is 4.72 Å². The van der Waals surface area contributed by atoms with Gasteiger partial charge < -0.3 is 4.90 Å². The van der Waals surface area contributed by atoms with E-state index in [4.69, 9.17) is 0 Å². The number of nitrogens with one attached hydrogen (secondary N) is 1. The van der Waals surface area contributed by atoms with Crippen molar-refractivity contribution in [2.45, 2.75) is 24.8 Å². The topological polar surface area (TPSA) is 66.5 Å². The lowest BCUT2D eigenvalue weighted by molar-refractivity contribution is -0.131. The largest absolute Gasteiger partial charge is 0.341 e. The molecule has 4 rings (SSSR count). The van der Waals surface area contributed by atoms with Gasteiger partial charge in [0.05, 0.1) is 11.8 Å². The van der Waals surface area contributed by atoms with Crippen LogP contribution in [0.15, 0.2) is 30.3 Å². The number of carbonyl (C=O) groups excluding carboxylic acids is 1. The highest BCUT2D eigenvalue weighted by Crippen LogP contribution is 2.52. The lowest BCUT2D eigenvalue weighted by Gasteiger charge is -2.16. The molecule has 150 valence electrons. The molecule has 2 aromatic rings. The Hall–Kier alpha value is -1.84. The molecule has 0 spiro atoms. The van der Waals surface area contributed by atoms with Crippen molar-refractivity contribution in [1.29, 1.82) is 0 Å². The second-order valence-electron chi connectivity index (χ2n) is 7.41. The normalized spacial score (nSPS) is 24.5. The number of halogens is 2. The van der Waals surface area contributed by atoms with Crippen molar-refractivity contribution in [3.8, 4) is 10.4 Å². The van der Waals surface area contributed by atoms with Gasteiger partial charge in [-0.25, -0.2) is 21.9 Å². The maximum Gasteiger partial charge on any atom is 0.226 e. The zero-order valence-corrected chi connectivity index (χ0v) is 16.8. The molecule has 1 aromatic carbocycles. The van der Waals surface area contributed by atoms with Crippen molar-refractivity contribution in [2.75, 3.05) is 19.3 Å². The SMILES string of the molecule is CS(=O)(=O)N[C@@H]1CCN(C(=O)[C@@H]2C[C@H]2c2ccc(-c3c(F)cccc3F)s2)C1. The number of hydrogen-bond donors (Lipinski definition) is 1. The second-order valence-corrected chi connectivity index (χ2v) is 10.3. The minimum Gasteiger partial charge on any atom is -0.341 e. The molecule has 1 aromatic heterocycles. The fourth-order valence-electron chi connectivity index (χ4n) is 3.80. The van der Waals surface area contributed by atoms with E-state index in [1.165, 1.54) is 29.5 Å². The number of amides is 1. The van der Waals surface area contributed by atoms with Gasteiger partial charge in [-0.15, -0.1) is 11.3 Å². The van der Waals surface area contributed by atoms with Crippen LogP contribution in [0, 0.1) is 17.6 Å². The Labute approximate surface area is 166 Å². The monoisotopic (exact) mass is 426 g/mol. The van der Waals surface area contributed by atoms with E-state index in [0.29, 0.717) is 30.8 Å². The minimum atomic E-state index is -3.29. The van der Waals surface area contributed by atoms with Gasteiger partial charge in [0, 0.05) is 40.7 Å². The Balaban J connectivity index is 1.41. The number of sulfonamides is 1. The number of nitrogens with zero attached hydrogens (tertiary/aromatic N) is 1. The van der Waals surface area contributed by atoms with Crippen LogP contribution in [0.25, 0.3) is 10.4 Å². The molecular weight excluding hydrogens is 406 g/mol. The Morgan fingerprint density at radius 3 is 2.61 bits per heavy atom. The number of carbonyl (C=O) groups is 1. The van der Waals surface area contributed by atoms with E-state index in [-0.39, 0.29) is 29.3 Å². The molecule has 2 aliphatic rings. The summed E-state index contributed by atoms with van der Waals surface area (Å²) in [5, 5.41) is 0. The fourth-order valence-corrected chi connectivity index (χ4v) is 5.83. The molecule has 1 aliphatic carbocycles. The van der Waals surface area contributed by atoms with E-state index < -0.39 is 21.7 Å². The zero-order chi connectivity index (χ0) is 20.1. The third-order valence-corrected chi connectivity index (χ3v) is 7.19. The molecule has 2 fully saturated rings. The van der Waals surface area contributed by atoms with Crippen LogP contribution in [-0.2, 0) is 14.8 Å². The van der Waals surface area contributed by atoms with Crippen molar-refractivity contribution >= 4 is 27.3 Å². The van der Waals surface area contributed by atoms with E-state index in [9.17, 15) is 22.0 Å². The summed E-state index contributed by atoms with van der Waals surface area (Å²) in [7, 11) is -3.29. The lowest BCUT2D eigenvalue weighted by atomic mass is 10.1. The zero-order valence-electron chi connectivity index (χ0n) is 15.2. The highest BCUT2D eigenvalue weighted by atomic mass is 32.2. The molecule has 9 heteroatoms. The van der Waals surface area contributed by atoms with Gasteiger partial charge in [0.25, 0.3) is 0 Å². The molecule has 5 nitrogen and oxygen atoms in total. The molecule has 1 amide bonds. The predicted molar refractivity (Wildman–Crippen MR) is 103 cm³/mol. The summed E-state index contributed by atoms with van der Waals surface area (Å²) in [6.45, 7) is 0.913. The first kappa shape index (κ1) is 19.5. The third-order valence-electron chi connectivity index (χ3n) is 5.19. The molecule has 1 saturated heterocycles. The van der Waals surface area contributed by atoms with Crippen LogP contribution in [0.4, 0.5) is 8.78 Å². The predicted octanol–water partition coefficient (Wildman–Crippen LogP) is 2.95. The van der Waals surface area contributed by atoms with Gasteiger partial charge in [-0.1, -0.05) is 6.07 Å². The van der Waals surface area contributed by atoms with Crippen LogP contribution >= 0.6 is 11.3 Å². The Bertz CT molecular complexity index is 1000. The fraction of sp³-hybridized carbons (Fsp3) is 0.421. The van der Waals surface area contributed by atoms with Crippen LogP contribution in [0.3, 0.4) is 0 Å². The van der Waals surface area contributed by atoms with Gasteiger partial charge in [-0.05, 0) is 37.1 Å². The van der Waals surface area contributed by atoms with Crippen LogP contribution in [0.5, 0.6) is 0 Å². The number of benzene rings is 1. The van der Waals surface area contributed by atoms with E-state index in [1.54, 1.807) is 11.0 Å². The first-order valence-electron chi connectivity index (χ1n) is 9.03. The average molecular weight is 427 g/mol. The first-order valence-corrected chi connectivity index (χ1v) is 11.7. The molecule has 0 bridgehead atoms. The maximum absolute atomic E-state index is 14.0. The summed E-state index contributed by atoms with van der Waals surface area (Å²) in [6.07, 6.45) is 2.42. The van der Waals surface area contributed by atoms with Gasteiger partial charge in [0.1, 0.15) is 11.6 Å². The first-order chi connectivity index (χ1) is 13.2. The third kappa shape index (κ3) is 3.97. The summed E-state index contributed by atoms with van der Waals surface area (Å²) >= 11 is 1.31. The van der Waals surface area contributed by atoms with E-state index >= 15 is 0 Å². The van der Waals surface area contributed by atoms with Crippen molar-refractivity contribution < 1.29 is 22.0 Å². The molecular formula is C19H20F2N2O3S2. The van der Waals surface area contributed by atoms with Crippen LogP contribution < -0.4 is 4.72 Å². The quantitative estimate of drug-likeness (QED) is 0.800. The molecule has 1 saturated carbocycles. The molecule has 0 unspecified atom stereocenters. The number of rotatable bonds is 5. The molecule has 1 aliphatic heterocycles. The molecule has 2 heterocycles. The lowest BCUT2D eigenvalue weighted by Crippen LogP contribution is -2.38. The van der Waals surface area contributed by atoms with Crippen LogP contribution in [-0.4, -0.2) is 44.6 Å². The van der Waals surface area contributed by atoms with Crippen molar-refractivity contribution in [1.82, 2.24) is 9.62 Å². The number of hydrogen-bond acceptors (Lipinski definition) is 4. The maximum atomic E-state index is 14.0. The molecule has 28 heavy (non-hydrogen) atoms. The second kappa shape index (κ2) is 7.20. The van der Waals surface area contributed by atoms with E-state index in [0.717, 1.165) is 11.1 Å². The highest BCUT2D eigenvalue weighted by molar-refractivity contribution is 7.88. The molecule has 3 atom stereocenters.